The maximum absolute atomic E-state index is 12.9. The topological polar surface area (TPSA) is 46.5 Å². The first kappa shape index (κ1) is 19.6. The molecule has 0 aromatic carbocycles. The van der Waals surface area contributed by atoms with E-state index in [1.54, 1.807) is 6.92 Å². The van der Waals surface area contributed by atoms with E-state index >= 15 is 0 Å². The van der Waals surface area contributed by atoms with Crippen molar-refractivity contribution < 1.29 is 14.6 Å². The van der Waals surface area contributed by atoms with Crippen molar-refractivity contribution in [1.29, 1.82) is 0 Å². The van der Waals surface area contributed by atoms with Gasteiger partial charge in [0.2, 0.25) is 0 Å². The first-order valence-corrected chi connectivity index (χ1v) is 11.3. The molecule has 0 bridgehead atoms. The summed E-state index contributed by atoms with van der Waals surface area (Å²) >= 11 is 0. The van der Waals surface area contributed by atoms with Crippen molar-refractivity contribution in [2.75, 3.05) is 6.61 Å². The third-order valence-corrected chi connectivity index (χ3v) is 9.32. The van der Waals surface area contributed by atoms with E-state index < -0.39 is 5.60 Å². The molecule has 0 heterocycles. The number of rotatable bonds is 4. The molecule has 0 saturated heterocycles. The Hall–Kier alpha value is -0.670. The van der Waals surface area contributed by atoms with E-state index in [2.05, 4.69) is 26.8 Å². The van der Waals surface area contributed by atoms with Crippen LogP contribution in [0.1, 0.15) is 85.5 Å². The van der Waals surface area contributed by atoms with Gasteiger partial charge in [0.25, 0.3) is 0 Å². The SMILES string of the molecule is CCCO[C@@]1(C(C)=O)CCC2C3CC=C4C[C@@H](O)CC[C@]4(C)C3CC[C@@]21C. The van der Waals surface area contributed by atoms with E-state index in [0.29, 0.717) is 24.4 Å². The van der Waals surface area contributed by atoms with Crippen molar-refractivity contribution in [2.24, 2.45) is 28.6 Å². The molecule has 0 radical (unpaired) electrons. The molecule has 3 nitrogen and oxygen atoms in total. The van der Waals surface area contributed by atoms with Gasteiger partial charge in [-0.05, 0) is 87.9 Å². The number of hydrogen-bond donors (Lipinski definition) is 1. The molecule has 3 fully saturated rings. The van der Waals surface area contributed by atoms with Crippen LogP contribution < -0.4 is 0 Å². The fraction of sp³-hybridized carbons (Fsp3) is 0.875. The number of aliphatic hydroxyl groups is 1. The maximum Gasteiger partial charge on any atom is 0.162 e. The summed E-state index contributed by atoms with van der Waals surface area (Å²) in [4.78, 5) is 12.9. The molecule has 0 aromatic rings. The molecule has 3 heteroatoms. The molecule has 152 valence electrons. The summed E-state index contributed by atoms with van der Waals surface area (Å²) in [5.41, 5.74) is 1.19. The Morgan fingerprint density at radius 1 is 1.19 bits per heavy atom. The Balaban J connectivity index is 1.67. The second-order valence-electron chi connectivity index (χ2n) is 10.4. The average Bonchev–Trinajstić information content (AvgIpc) is 2.94. The molecule has 0 aromatic heterocycles. The second-order valence-corrected chi connectivity index (χ2v) is 10.4. The van der Waals surface area contributed by atoms with Crippen molar-refractivity contribution in [3.63, 3.8) is 0 Å². The Labute approximate surface area is 164 Å². The first-order chi connectivity index (χ1) is 12.8. The van der Waals surface area contributed by atoms with Gasteiger partial charge in [-0.2, -0.15) is 0 Å². The number of ketones is 1. The van der Waals surface area contributed by atoms with E-state index in [1.807, 2.05) is 0 Å². The number of allylic oxidation sites excluding steroid dienone is 1. The lowest BCUT2D eigenvalue weighted by Crippen LogP contribution is -2.58. The van der Waals surface area contributed by atoms with Crippen LogP contribution >= 0.6 is 0 Å². The smallest absolute Gasteiger partial charge is 0.162 e. The zero-order valence-corrected chi connectivity index (χ0v) is 17.7. The summed E-state index contributed by atoms with van der Waals surface area (Å²) in [6.07, 6.45) is 11.7. The van der Waals surface area contributed by atoms with Crippen molar-refractivity contribution >= 4 is 5.78 Å². The van der Waals surface area contributed by atoms with Crippen LogP contribution in [0, 0.1) is 28.6 Å². The number of carbonyl (C=O) groups is 1. The predicted molar refractivity (Wildman–Crippen MR) is 107 cm³/mol. The summed E-state index contributed by atoms with van der Waals surface area (Å²) < 4.78 is 6.40. The van der Waals surface area contributed by atoms with Crippen LogP contribution in [0.3, 0.4) is 0 Å². The van der Waals surface area contributed by atoms with Gasteiger partial charge in [0, 0.05) is 12.0 Å². The van der Waals surface area contributed by atoms with Gasteiger partial charge in [-0.25, -0.2) is 0 Å². The van der Waals surface area contributed by atoms with Gasteiger partial charge in [0.15, 0.2) is 5.78 Å². The van der Waals surface area contributed by atoms with Gasteiger partial charge < -0.3 is 9.84 Å². The second kappa shape index (κ2) is 6.69. The lowest BCUT2D eigenvalue weighted by atomic mass is 9.46. The Bertz CT molecular complexity index is 640. The molecular formula is C24H38O3. The molecule has 27 heavy (non-hydrogen) atoms. The third kappa shape index (κ3) is 2.64. The molecule has 7 atom stereocenters. The van der Waals surface area contributed by atoms with Crippen molar-refractivity contribution in [3.8, 4) is 0 Å². The molecule has 0 aliphatic heterocycles. The Kier molecular flexibility index (Phi) is 4.87. The summed E-state index contributed by atoms with van der Waals surface area (Å²) in [7, 11) is 0. The molecule has 1 N–H and O–H groups in total. The van der Waals surface area contributed by atoms with Gasteiger partial charge in [-0.3, -0.25) is 4.79 Å². The largest absolute Gasteiger partial charge is 0.393 e. The highest BCUT2D eigenvalue weighted by molar-refractivity contribution is 5.86. The number of Topliss-reactive ketones (excluding diaryl/α,β-unsaturated/α-hetero) is 1. The molecule has 3 unspecified atom stereocenters. The zero-order chi connectivity index (χ0) is 19.4. The van der Waals surface area contributed by atoms with Crippen LogP contribution in [0.4, 0.5) is 0 Å². The third-order valence-electron chi connectivity index (χ3n) is 9.32. The standard InChI is InChI=1S/C24H38O3/c1-5-14-27-24(16(2)25)13-10-21-19-7-6-17-15-18(26)8-11-22(17,3)20(19)9-12-23(21,24)4/h6,18-21,26H,5,7-15H2,1-4H3/t18-,19?,20?,21?,22-,23-,24+/m0/s1. The molecule has 4 aliphatic rings. The van der Waals surface area contributed by atoms with E-state index in [1.165, 1.54) is 12.0 Å². The van der Waals surface area contributed by atoms with E-state index in [9.17, 15) is 9.90 Å². The summed E-state index contributed by atoms with van der Waals surface area (Å²) in [5.74, 6) is 2.20. The maximum atomic E-state index is 12.9. The number of hydrogen-bond acceptors (Lipinski definition) is 3. The molecule has 0 spiro atoms. The number of fused-ring (bicyclic) bond motifs is 5. The zero-order valence-electron chi connectivity index (χ0n) is 17.7. The summed E-state index contributed by atoms with van der Waals surface area (Å²) in [6.45, 7) is 9.41. The molecule has 4 aliphatic carbocycles. The van der Waals surface area contributed by atoms with Gasteiger partial charge >= 0.3 is 0 Å². The van der Waals surface area contributed by atoms with Gasteiger partial charge in [0.1, 0.15) is 5.60 Å². The Morgan fingerprint density at radius 3 is 2.63 bits per heavy atom. The van der Waals surface area contributed by atoms with Crippen LogP contribution in [0.2, 0.25) is 0 Å². The van der Waals surface area contributed by atoms with Crippen LogP contribution in [-0.4, -0.2) is 29.2 Å². The van der Waals surface area contributed by atoms with Crippen LogP contribution in [-0.2, 0) is 9.53 Å². The minimum absolute atomic E-state index is 0.0228. The van der Waals surface area contributed by atoms with Crippen LogP contribution in [0.15, 0.2) is 11.6 Å². The van der Waals surface area contributed by atoms with Gasteiger partial charge in [-0.15, -0.1) is 0 Å². The summed E-state index contributed by atoms with van der Waals surface area (Å²) in [6, 6.07) is 0. The highest BCUT2D eigenvalue weighted by Crippen LogP contribution is 2.68. The quantitative estimate of drug-likeness (QED) is 0.699. The van der Waals surface area contributed by atoms with Crippen molar-refractivity contribution in [2.45, 2.75) is 97.2 Å². The lowest BCUT2D eigenvalue weighted by molar-refractivity contribution is -0.174. The van der Waals surface area contributed by atoms with Crippen molar-refractivity contribution in [1.82, 2.24) is 0 Å². The molecule has 3 saturated carbocycles. The lowest BCUT2D eigenvalue weighted by Gasteiger charge is -2.59. The molecule has 4 rings (SSSR count). The Morgan fingerprint density at radius 2 is 1.93 bits per heavy atom. The minimum atomic E-state index is -0.563. The van der Waals surface area contributed by atoms with E-state index in [-0.39, 0.29) is 22.7 Å². The van der Waals surface area contributed by atoms with E-state index in [0.717, 1.165) is 51.4 Å². The monoisotopic (exact) mass is 374 g/mol. The normalized spacial score (nSPS) is 49.0. The van der Waals surface area contributed by atoms with Gasteiger partial charge in [0.05, 0.1) is 6.10 Å². The van der Waals surface area contributed by atoms with Crippen LogP contribution in [0.25, 0.3) is 0 Å². The van der Waals surface area contributed by atoms with Crippen LogP contribution in [0.5, 0.6) is 0 Å². The molecular weight excluding hydrogens is 336 g/mol. The van der Waals surface area contributed by atoms with Crippen molar-refractivity contribution in [3.05, 3.63) is 11.6 Å². The van der Waals surface area contributed by atoms with Gasteiger partial charge in [-0.1, -0.05) is 32.4 Å². The molecule has 0 amide bonds. The number of carbonyl (C=O) groups excluding carboxylic acids is 1. The fourth-order valence-electron chi connectivity index (χ4n) is 7.83. The minimum Gasteiger partial charge on any atom is -0.393 e. The number of aliphatic hydroxyl groups excluding tert-OH is 1. The summed E-state index contributed by atoms with van der Waals surface area (Å²) in [5, 5.41) is 10.2. The highest BCUT2D eigenvalue weighted by atomic mass is 16.5. The van der Waals surface area contributed by atoms with E-state index in [4.69, 9.17) is 4.74 Å². The predicted octanol–water partition coefficient (Wildman–Crippen LogP) is 5.06. The fourth-order valence-corrected chi connectivity index (χ4v) is 7.83. The number of ether oxygens (including phenoxy) is 1. The highest BCUT2D eigenvalue weighted by Gasteiger charge is 2.66. The average molecular weight is 375 g/mol. The first-order valence-electron chi connectivity index (χ1n) is 11.3.